The summed E-state index contributed by atoms with van der Waals surface area (Å²) in [7, 11) is 0. The highest BCUT2D eigenvalue weighted by atomic mass is 19.3. The maximum absolute atomic E-state index is 13.0. The third-order valence-electron chi connectivity index (χ3n) is 3.89. The Morgan fingerprint density at radius 2 is 2.10 bits per heavy atom. The first-order valence-electron chi connectivity index (χ1n) is 6.79. The molecule has 1 aliphatic rings. The Morgan fingerprint density at radius 1 is 1.43 bits per heavy atom. The molecule has 1 aliphatic heterocycles. The van der Waals surface area contributed by atoms with E-state index in [0.717, 1.165) is 18.9 Å². The summed E-state index contributed by atoms with van der Waals surface area (Å²) in [5.74, 6) is 0. The molecule has 1 aromatic rings. The first-order chi connectivity index (χ1) is 9.91. The minimum absolute atomic E-state index is 0.0145. The summed E-state index contributed by atoms with van der Waals surface area (Å²) < 4.78 is 31.4. The largest absolute Gasteiger partial charge is 0.384 e. The maximum Gasteiger partial charge on any atom is 0.270 e. The lowest BCUT2D eigenvalue weighted by atomic mass is 9.82. The van der Waals surface area contributed by atoms with Gasteiger partial charge in [-0.3, -0.25) is 10.1 Å². The number of nitrogens with one attached hydrogen (secondary N) is 1. The molecule has 0 saturated carbocycles. The molecule has 0 aliphatic carbocycles. The number of non-ortho nitro benzene ring substituents is 1. The smallest absolute Gasteiger partial charge is 0.270 e. The standard InChI is InChI=1S/C14H18F2N2O3/c1-14(4-6-21-7-5-14)9-17-12-3-2-10(18(19)20)8-11(12)13(15)16/h2-3,8,13,17H,4-7,9H2,1H3. The van der Waals surface area contributed by atoms with Crippen molar-refractivity contribution in [1.82, 2.24) is 0 Å². The summed E-state index contributed by atoms with van der Waals surface area (Å²) in [4.78, 5) is 10.00. The minimum atomic E-state index is -2.75. The maximum atomic E-state index is 13.0. The number of nitro benzene ring substituents is 1. The molecule has 1 fully saturated rings. The second kappa shape index (κ2) is 6.34. The molecule has 21 heavy (non-hydrogen) atoms. The highest BCUT2D eigenvalue weighted by Crippen LogP contribution is 2.34. The molecule has 0 bridgehead atoms. The van der Waals surface area contributed by atoms with Crippen molar-refractivity contribution in [2.45, 2.75) is 26.2 Å². The van der Waals surface area contributed by atoms with Crippen LogP contribution in [0.3, 0.4) is 0 Å². The quantitative estimate of drug-likeness (QED) is 0.664. The van der Waals surface area contributed by atoms with Crippen molar-refractivity contribution in [3.63, 3.8) is 0 Å². The van der Waals surface area contributed by atoms with Gasteiger partial charge in [-0.25, -0.2) is 8.78 Å². The van der Waals surface area contributed by atoms with Crippen LogP contribution in [0.4, 0.5) is 20.2 Å². The van der Waals surface area contributed by atoms with Gasteiger partial charge in [-0.1, -0.05) is 6.92 Å². The Balaban J connectivity index is 2.13. The normalized spacial score (nSPS) is 17.7. The predicted octanol–water partition coefficient (Wildman–Crippen LogP) is 3.76. The number of rotatable bonds is 5. The molecule has 0 unspecified atom stereocenters. The lowest BCUT2D eigenvalue weighted by Crippen LogP contribution is -2.33. The van der Waals surface area contributed by atoms with Gasteiger partial charge < -0.3 is 10.1 Å². The van der Waals surface area contributed by atoms with Crippen LogP contribution in [0, 0.1) is 15.5 Å². The number of anilines is 1. The van der Waals surface area contributed by atoms with Crippen LogP contribution in [0.25, 0.3) is 0 Å². The van der Waals surface area contributed by atoms with Crippen LogP contribution < -0.4 is 5.32 Å². The predicted molar refractivity (Wildman–Crippen MR) is 74.7 cm³/mol. The average molecular weight is 300 g/mol. The van der Waals surface area contributed by atoms with Crippen LogP contribution in [0.1, 0.15) is 31.8 Å². The van der Waals surface area contributed by atoms with Gasteiger partial charge in [-0.15, -0.1) is 0 Å². The Hall–Kier alpha value is -1.76. The Bertz CT molecular complexity index is 517. The zero-order valence-electron chi connectivity index (χ0n) is 11.8. The molecular formula is C14H18F2N2O3. The van der Waals surface area contributed by atoms with Crippen LogP contribution in [-0.2, 0) is 4.74 Å². The highest BCUT2D eigenvalue weighted by Gasteiger charge is 2.28. The van der Waals surface area contributed by atoms with E-state index in [1.165, 1.54) is 12.1 Å². The number of nitrogens with zero attached hydrogens (tertiary/aromatic N) is 1. The van der Waals surface area contributed by atoms with Crippen molar-refractivity contribution >= 4 is 11.4 Å². The number of ether oxygens (including phenoxy) is 1. The summed E-state index contributed by atoms with van der Waals surface area (Å²) in [6.45, 7) is 3.95. The number of hydrogen-bond acceptors (Lipinski definition) is 4. The SMILES string of the molecule is CC1(CNc2ccc([N+](=O)[O-])cc2C(F)F)CCOCC1. The van der Waals surface area contributed by atoms with Gasteiger partial charge in [0, 0.05) is 43.1 Å². The fourth-order valence-electron chi connectivity index (χ4n) is 2.35. The first-order valence-corrected chi connectivity index (χ1v) is 6.79. The van der Waals surface area contributed by atoms with E-state index >= 15 is 0 Å². The van der Waals surface area contributed by atoms with E-state index in [2.05, 4.69) is 12.2 Å². The molecule has 2 rings (SSSR count). The van der Waals surface area contributed by atoms with Gasteiger partial charge in [-0.2, -0.15) is 0 Å². The molecular weight excluding hydrogens is 282 g/mol. The van der Waals surface area contributed by atoms with E-state index in [-0.39, 0.29) is 22.4 Å². The van der Waals surface area contributed by atoms with E-state index in [0.29, 0.717) is 19.8 Å². The number of nitro groups is 1. The lowest BCUT2D eigenvalue weighted by Gasteiger charge is -2.34. The third-order valence-corrected chi connectivity index (χ3v) is 3.89. The zero-order valence-corrected chi connectivity index (χ0v) is 11.8. The van der Waals surface area contributed by atoms with Gasteiger partial charge in [-0.05, 0) is 24.3 Å². The molecule has 0 spiro atoms. The van der Waals surface area contributed by atoms with E-state index in [4.69, 9.17) is 4.74 Å². The molecule has 0 atom stereocenters. The Morgan fingerprint density at radius 3 is 2.67 bits per heavy atom. The molecule has 1 heterocycles. The minimum Gasteiger partial charge on any atom is -0.384 e. The second-order valence-corrected chi connectivity index (χ2v) is 5.61. The molecule has 1 aromatic carbocycles. The van der Waals surface area contributed by atoms with Crippen LogP contribution in [0.5, 0.6) is 0 Å². The highest BCUT2D eigenvalue weighted by molar-refractivity contribution is 5.56. The topological polar surface area (TPSA) is 64.4 Å². The van der Waals surface area contributed by atoms with Gasteiger partial charge in [0.1, 0.15) is 0 Å². The molecule has 7 heteroatoms. The van der Waals surface area contributed by atoms with Crippen molar-refractivity contribution < 1.29 is 18.4 Å². The number of halogens is 2. The molecule has 0 radical (unpaired) electrons. The molecule has 116 valence electrons. The lowest BCUT2D eigenvalue weighted by molar-refractivity contribution is -0.385. The van der Waals surface area contributed by atoms with Gasteiger partial charge in [0.25, 0.3) is 12.1 Å². The van der Waals surface area contributed by atoms with Crippen molar-refractivity contribution in [1.29, 1.82) is 0 Å². The number of hydrogen-bond donors (Lipinski definition) is 1. The van der Waals surface area contributed by atoms with E-state index in [1.807, 2.05) is 0 Å². The zero-order chi connectivity index (χ0) is 15.5. The third kappa shape index (κ3) is 3.87. The van der Waals surface area contributed by atoms with Gasteiger partial charge in [0.15, 0.2) is 0 Å². The summed E-state index contributed by atoms with van der Waals surface area (Å²) in [6, 6.07) is 3.52. The van der Waals surface area contributed by atoms with Crippen LogP contribution in [-0.4, -0.2) is 24.7 Å². The second-order valence-electron chi connectivity index (χ2n) is 5.61. The number of benzene rings is 1. The molecule has 5 nitrogen and oxygen atoms in total. The monoisotopic (exact) mass is 300 g/mol. The van der Waals surface area contributed by atoms with Gasteiger partial charge in [0.05, 0.1) is 4.92 Å². The average Bonchev–Trinajstić information content (AvgIpc) is 2.45. The van der Waals surface area contributed by atoms with E-state index < -0.39 is 11.3 Å². The number of alkyl halides is 2. The van der Waals surface area contributed by atoms with Crippen molar-refractivity contribution in [3.8, 4) is 0 Å². The van der Waals surface area contributed by atoms with Crippen molar-refractivity contribution in [2.75, 3.05) is 25.1 Å². The summed E-state index contributed by atoms with van der Waals surface area (Å²) in [5.41, 5.74) is -0.421. The Kier molecular flexibility index (Phi) is 4.72. The van der Waals surface area contributed by atoms with Crippen molar-refractivity contribution in [2.24, 2.45) is 5.41 Å². The summed E-state index contributed by atoms with van der Waals surface area (Å²) in [5, 5.41) is 13.7. The van der Waals surface area contributed by atoms with Crippen molar-refractivity contribution in [3.05, 3.63) is 33.9 Å². The van der Waals surface area contributed by atoms with E-state index in [1.54, 1.807) is 0 Å². The van der Waals surface area contributed by atoms with Crippen LogP contribution >= 0.6 is 0 Å². The fourth-order valence-corrected chi connectivity index (χ4v) is 2.35. The first kappa shape index (κ1) is 15.6. The van der Waals surface area contributed by atoms with Crippen LogP contribution in [0.15, 0.2) is 18.2 Å². The molecule has 1 N–H and O–H groups in total. The molecule has 0 amide bonds. The summed E-state index contributed by atoms with van der Waals surface area (Å²) >= 11 is 0. The van der Waals surface area contributed by atoms with Gasteiger partial charge >= 0.3 is 0 Å². The van der Waals surface area contributed by atoms with Gasteiger partial charge in [0.2, 0.25) is 0 Å². The fraction of sp³-hybridized carbons (Fsp3) is 0.571. The van der Waals surface area contributed by atoms with Crippen LogP contribution in [0.2, 0.25) is 0 Å². The van der Waals surface area contributed by atoms with E-state index in [9.17, 15) is 18.9 Å². The summed E-state index contributed by atoms with van der Waals surface area (Å²) in [6.07, 6.45) is -1.04. The molecule has 0 aromatic heterocycles. The Labute approximate surface area is 121 Å². The molecule has 1 saturated heterocycles.